The van der Waals surface area contributed by atoms with E-state index in [4.69, 9.17) is 8.53 Å². The third-order valence-electron chi connectivity index (χ3n) is 10.3. The largest absolute Gasteiger partial charge is 0.501 e. The molecule has 0 N–H and O–H groups in total. The van der Waals surface area contributed by atoms with E-state index in [1.807, 2.05) is 75.4 Å². The molecule has 0 atom stereocenters. The third-order valence-corrected chi connectivity index (χ3v) is 10.3. The van der Waals surface area contributed by atoms with Gasteiger partial charge in [-0.05, 0) is 65.3 Å². The second-order valence-electron chi connectivity index (χ2n) is 14.4. The minimum atomic E-state index is -1.28. The summed E-state index contributed by atoms with van der Waals surface area (Å²) >= 11 is 0. The van der Waals surface area contributed by atoms with Gasteiger partial charge in [0.25, 0.3) is 0 Å². The molecule has 1 aliphatic carbocycles. The molecule has 0 saturated heterocycles. The molecule has 0 bridgehead atoms. The Bertz CT molecular complexity index is 2380. The molecule has 4 aromatic carbocycles. The molecule has 267 valence electrons. The minimum Gasteiger partial charge on any atom is -0.501 e. The molecule has 3 nitrogen and oxygen atoms in total. The molecular formula is C48H48IrN2O-2. The summed E-state index contributed by atoms with van der Waals surface area (Å²) < 4.78 is 32.2. The number of hydrogen-bond donors (Lipinski definition) is 0. The van der Waals surface area contributed by atoms with Crippen LogP contribution in [0.25, 0.3) is 44.5 Å². The molecule has 0 aliphatic heterocycles. The Labute approximate surface area is 327 Å². The van der Waals surface area contributed by atoms with Gasteiger partial charge in [-0.1, -0.05) is 136 Å². The smallest absolute Gasteiger partial charge is 0.121 e. The Morgan fingerprint density at radius 3 is 2.40 bits per heavy atom. The van der Waals surface area contributed by atoms with Gasteiger partial charge in [-0.2, -0.15) is 0 Å². The van der Waals surface area contributed by atoms with E-state index in [1.165, 1.54) is 17.5 Å². The predicted octanol–water partition coefficient (Wildman–Crippen LogP) is 12.9. The van der Waals surface area contributed by atoms with E-state index in [2.05, 4.69) is 84.5 Å². The molecule has 0 amide bonds. The number of nitrogens with zero attached hydrogens (tertiary/aromatic N) is 2. The first-order valence-corrected chi connectivity index (χ1v) is 18.2. The second-order valence-corrected chi connectivity index (χ2v) is 14.4. The molecule has 0 spiro atoms. The molecule has 4 heteroatoms. The third kappa shape index (κ3) is 7.99. The van der Waals surface area contributed by atoms with Crippen molar-refractivity contribution in [1.29, 1.82) is 0 Å². The van der Waals surface area contributed by atoms with Crippen molar-refractivity contribution in [3.8, 4) is 22.5 Å². The number of fused-ring (bicyclic) bond motifs is 3. The quantitative estimate of drug-likeness (QED) is 0.150. The Kier molecular flexibility index (Phi) is 10.6. The molecule has 3 aromatic heterocycles. The SMILES string of the molecule is [2H]C(C)(C)c1ccnc(-c2[c-]ccc3c2oc2cccc(C(C)(C)c4ccccc4)c23)c1.[2H]C([2H])(c1cc(-c2[c-]cccc2)ncc1C)C1CCCCC1.[Ir]. The van der Waals surface area contributed by atoms with Gasteiger partial charge in [0.1, 0.15) is 5.58 Å². The number of furan rings is 1. The normalized spacial score (nSPS) is 14.8. The Morgan fingerprint density at radius 2 is 1.65 bits per heavy atom. The Morgan fingerprint density at radius 1 is 0.865 bits per heavy atom. The van der Waals surface area contributed by atoms with Crippen LogP contribution in [0.2, 0.25) is 0 Å². The van der Waals surface area contributed by atoms with Crippen molar-refractivity contribution in [3.63, 3.8) is 0 Å². The van der Waals surface area contributed by atoms with Crippen LogP contribution < -0.4 is 0 Å². The summed E-state index contributed by atoms with van der Waals surface area (Å²) in [6, 6.07) is 40.9. The number of hydrogen-bond acceptors (Lipinski definition) is 3. The van der Waals surface area contributed by atoms with E-state index >= 15 is 0 Å². The van der Waals surface area contributed by atoms with Crippen molar-refractivity contribution in [2.24, 2.45) is 5.92 Å². The fourth-order valence-electron chi connectivity index (χ4n) is 7.24. The van der Waals surface area contributed by atoms with Crippen LogP contribution in [0.5, 0.6) is 0 Å². The predicted molar refractivity (Wildman–Crippen MR) is 212 cm³/mol. The number of benzene rings is 4. The summed E-state index contributed by atoms with van der Waals surface area (Å²) in [4.78, 5) is 9.06. The van der Waals surface area contributed by atoms with Gasteiger partial charge in [-0.25, -0.2) is 0 Å². The molecule has 8 rings (SSSR count). The van der Waals surface area contributed by atoms with Gasteiger partial charge in [0, 0.05) is 47.4 Å². The summed E-state index contributed by atoms with van der Waals surface area (Å²) in [6.45, 7) is 10.2. The summed E-state index contributed by atoms with van der Waals surface area (Å²) in [5, 5.41) is 2.19. The van der Waals surface area contributed by atoms with Crippen molar-refractivity contribution >= 4 is 21.9 Å². The van der Waals surface area contributed by atoms with Crippen LogP contribution in [0, 0.1) is 25.0 Å². The molecule has 3 heterocycles. The van der Waals surface area contributed by atoms with Gasteiger partial charge in [0.05, 0.1) is 5.58 Å². The van der Waals surface area contributed by atoms with Crippen LogP contribution >= 0.6 is 0 Å². The fourth-order valence-corrected chi connectivity index (χ4v) is 7.24. The van der Waals surface area contributed by atoms with Crippen molar-refractivity contribution in [1.82, 2.24) is 9.97 Å². The standard InChI is InChI=1S/C29H26NO.C19H22N.Ir/c1-19(2)20-16-17-30-25(18-20)22-12-8-13-23-27-24(14-9-15-26(27)31-28(22)23)29(3,4)21-10-6-5-7-11-21;1-15-14-20-19(17-10-6-3-7-11-17)13-18(15)12-16-8-4-2-5-9-16;/h5-11,13-19H,1-4H3;3,6-7,10,13-14,16H,2,4-5,8-9,12H2,1H3;/q2*-1;/i19D;12D2;. The fraction of sp³-hybridized carbons (Fsp3) is 0.292. The summed E-state index contributed by atoms with van der Waals surface area (Å²) in [5.41, 5.74) is 9.92. The molecule has 0 unspecified atom stereocenters. The summed E-state index contributed by atoms with van der Waals surface area (Å²) in [7, 11) is 0. The first kappa shape index (κ1) is 33.5. The van der Waals surface area contributed by atoms with E-state index in [0.29, 0.717) is 0 Å². The van der Waals surface area contributed by atoms with Gasteiger partial charge < -0.3 is 14.4 Å². The van der Waals surface area contributed by atoms with Crippen molar-refractivity contribution in [2.75, 3.05) is 0 Å². The first-order valence-electron chi connectivity index (χ1n) is 19.7. The minimum absolute atomic E-state index is 0. The topological polar surface area (TPSA) is 38.9 Å². The molecule has 7 aromatic rings. The van der Waals surface area contributed by atoms with E-state index in [0.717, 1.165) is 86.8 Å². The van der Waals surface area contributed by atoms with Gasteiger partial charge in [0.2, 0.25) is 0 Å². The van der Waals surface area contributed by atoms with Crippen molar-refractivity contribution < 1.29 is 28.6 Å². The van der Waals surface area contributed by atoms with Gasteiger partial charge in [-0.15, -0.1) is 54.1 Å². The second kappa shape index (κ2) is 16.5. The first-order chi connectivity index (χ1) is 25.9. The maximum absolute atomic E-state index is 8.69. The monoisotopic (exact) mass is 864 g/mol. The van der Waals surface area contributed by atoms with E-state index < -0.39 is 12.3 Å². The number of pyridine rings is 2. The van der Waals surface area contributed by atoms with E-state index in [-0.39, 0.29) is 31.4 Å². The van der Waals surface area contributed by atoms with Gasteiger partial charge in [-0.3, -0.25) is 0 Å². The van der Waals surface area contributed by atoms with Crippen molar-refractivity contribution in [2.45, 2.75) is 84.4 Å². The van der Waals surface area contributed by atoms with Crippen LogP contribution in [0.3, 0.4) is 0 Å². The Hall–Kier alpha value is -4.37. The zero-order valence-corrected chi connectivity index (χ0v) is 33.1. The maximum atomic E-state index is 8.69. The number of aryl methyl sites for hydroxylation is 1. The Balaban J connectivity index is 0.000000196. The van der Waals surface area contributed by atoms with Crippen LogP contribution in [0.15, 0.2) is 120 Å². The average Bonchev–Trinajstić information content (AvgIpc) is 3.58. The van der Waals surface area contributed by atoms with E-state index in [9.17, 15) is 0 Å². The molecule has 1 fully saturated rings. The molecule has 1 radical (unpaired) electrons. The van der Waals surface area contributed by atoms with Crippen LogP contribution in [-0.4, -0.2) is 9.97 Å². The van der Waals surface area contributed by atoms with Crippen LogP contribution in [0.1, 0.15) is 97.6 Å². The van der Waals surface area contributed by atoms with Crippen molar-refractivity contribution in [3.05, 3.63) is 155 Å². The van der Waals surface area contributed by atoms with Crippen LogP contribution in [-0.2, 0) is 31.9 Å². The molecular weight excluding hydrogens is 813 g/mol. The van der Waals surface area contributed by atoms with E-state index in [1.54, 1.807) is 12.4 Å². The molecule has 1 aliphatic rings. The zero-order valence-electron chi connectivity index (χ0n) is 33.7. The summed E-state index contributed by atoms with van der Waals surface area (Å²) in [5.74, 6) is -0.582. The van der Waals surface area contributed by atoms with Gasteiger partial charge in [0.15, 0.2) is 0 Å². The zero-order chi connectivity index (χ0) is 38.1. The molecule has 1 saturated carbocycles. The number of aromatic nitrogens is 2. The van der Waals surface area contributed by atoms with Gasteiger partial charge >= 0.3 is 0 Å². The average molecular weight is 864 g/mol. The maximum Gasteiger partial charge on any atom is 0.121 e. The number of rotatable bonds is 7. The molecule has 52 heavy (non-hydrogen) atoms. The van der Waals surface area contributed by atoms with Crippen LogP contribution in [0.4, 0.5) is 0 Å². The summed E-state index contributed by atoms with van der Waals surface area (Å²) in [6.07, 6.45) is 7.79.